The first-order valence-electron chi connectivity index (χ1n) is 6.58. The molecular formula is C15H19Cl2NO3. The van der Waals surface area contributed by atoms with Crippen LogP contribution in [0.5, 0.6) is 0 Å². The normalized spacial score (nSPS) is 11.1. The maximum atomic E-state index is 11.7. The summed E-state index contributed by atoms with van der Waals surface area (Å²) in [4.78, 5) is 24.3. The van der Waals surface area contributed by atoms with Gasteiger partial charge in [0, 0.05) is 12.2 Å². The first-order valence-corrected chi connectivity index (χ1v) is 7.34. The summed E-state index contributed by atoms with van der Waals surface area (Å²) in [6, 6.07) is 5.08. The van der Waals surface area contributed by atoms with Gasteiger partial charge in [-0.3, -0.25) is 4.79 Å². The van der Waals surface area contributed by atoms with Gasteiger partial charge >= 0.3 is 5.97 Å². The fourth-order valence-electron chi connectivity index (χ4n) is 1.72. The van der Waals surface area contributed by atoms with Crippen LogP contribution in [-0.4, -0.2) is 30.9 Å². The van der Waals surface area contributed by atoms with E-state index in [2.05, 4.69) is 0 Å². The molecular weight excluding hydrogens is 313 g/mol. The summed E-state index contributed by atoms with van der Waals surface area (Å²) in [7, 11) is 0. The van der Waals surface area contributed by atoms with Crippen LogP contribution in [0.3, 0.4) is 0 Å². The molecule has 21 heavy (non-hydrogen) atoms. The second-order valence-corrected chi connectivity index (χ2v) is 6.36. The maximum Gasteiger partial charge on any atom is 0.308 e. The predicted octanol–water partition coefficient (Wildman–Crippen LogP) is 3.73. The van der Waals surface area contributed by atoms with E-state index in [1.54, 1.807) is 23.1 Å². The summed E-state index contributed by atoms with van der Waals surface area (Å²) < 4.78 is 5.24. The molecule has 0 aliphatic carbocycles. The van der Waals surface area contributed by atoms with Gasteiger partial charge in [0.1, 0.15) is 11.9 Å². The third-order valence-electron chi connectivity index (χ3n) is 2.57. The van der Waals surface area contributed by atoms with E-state index < -0.39 is 5.60 Å². The summed E-state index contributed by atoms with van der Waals surface area (Å²) in [6.45, 7) is 5.97. The van der Waals surface area contributed by atoms with Crippen LogP contribution in [0.25, 0.3) is 0 Å². The van der Waals surface area contributed by atoms with Crippen molar-refractivity contribution in [3.8, 4) is 0 Å². The van der Waals surface area contributed by atoms with Crippen LogP contribution in [0.4, 0.5) is 5.69 Å². The van der Waals surface area contributed by atoms with E-state index in [4.69, 9.17) is 27.9 Å². The van der Waals surface area contributed by atoms with Crippen LogP contribution in [0, 0.1) is 0 Å². The molecule has 4 nitrogen and oxygen atoms in total. The molecule has 0 bridgehead atoms. The van der Waals surface area contributed by atoms with E-state index in [1.165, 1.54) is 0 Å². The van der Waals surface area contributed by atoms with Crippen molar-refractivity contribution in [3.05, 3.63) is 28.2 Å². The zero-order valence-corrected chi connectivity index (χ0v) is 13.9. The number of rotatable bonds is 6. The molecule has 1 aromatic rings. The molecule has 0 aliphatic rings. The molecule has 0 radical (unpaired) electrons. The number of ether oxygens (including phenoxy) is 1. The number of hydrogen-bond acceptors (Lipinski definition) is 4. The Balaban J connectivity index is 2.71. The van der Waals surface area contributed by atoms with Gasteiger partial charge in [-0.15, -0.1) is 0 Å². The molecule has 1 aromatic carbocycles. The predicted molar refractivity (Wildman–Crippen MR) is 85.2 cm³/mol. The lowest BCUT2D eigenvalue weighted by molar-refractivity contribution is -0.154. The van der Waals surface area contributed by atoms with Gasteiger partial charge in [-0.05, 0) is 39.0 Å². The summed E-state index contributed by atoms with van der Waals surface area (Å²) in [5, 5.41) is 0.848. The molecule has 0 unspecified atom stereocenters. The van der Waals surface area contributed by atoms with Crippen LogP contribution < -0.4 is 4.90 Å². The number of nitrogens with zero attached hydrogens (tertiary/aromatic N) is 1. The highest BCUT2D eigenvalue weighted by Crippen LogP contribution is 2.27. The Hall–Kier alpha value is -1.26. The van der Waals surface area contributed by atoms with Gasteiger partial charge in [-0.2, -0.15) is 0 Å². The number of hydrogen-bond donors (Lipinski definition) is 0. The molecule has 0 amide bonds. The second kappa shape index (κ2) is 7.66. The first-order chi connectivity index (χ1) is 9.73. The number of carbonyl (C=O) groups excluding carboxylic acids is 2. The Morgan fingerprint density at radius 1 is 1.29 bits per heavy atom. The van der Waals surface area contributed by atoms with Gasteiger partial charge < -0.3 is 14.4 Å². The fourth-order valence-corrected chi connectivity index (χ4v) is 2.01. The molecule has 1 rings (SSSR count). The highest BCUT2D eigenvalue weighted by Gasteiger charge is 2.17. The average Bonchev–Trinajstić information content (AvgIpc) is 2.36. The van der Waals surface area contributed by atoms with Crippen LogP contribution in [-0.2, 0) is 14.3 Å². The first kappa shape index (κ1) is 17.8. The van der Waals surface area contributed by atoms with Crippen molar-refractivity contribution in [1.82, 2.24) is 0 Å². The Morgan fingerprint density at radius 2 is 1.95 bits per heavy atom. The van der Waals surface area contributed by atoms with Gasteiger partial charge in [-0.25, -0.2) is 0 Å². The topological polar surface area (TPSA) is 46.6 Å². The number of esters is 1. The highest BCUT2D eigenvalue weighted by atomic mass is 35.5. The molecule has 0 fully saturated rings. The van der Waals surface area contributed by atoms with Crippen LogP contribution in [0.1, 0.15) is 27.2 Å². The van der Waals surface area contributed by atoms with Gasteiger partial charge in [0.05, 0.1) is 23.0 Å². The van der Waals surface area contributed by atoms with Crippen molar-refractivity contribution in [2.75, 3.05) is 18.0 Å². The lowest BCUT2D eigenvalue weighted by Gasteiger charge is -2.24. The molecule has 0 saturated heterocycles. The maximum absolute atomic E-state index is 11.7. The largest absolute Gasteiger partial charge is 0.460 e. The summed E-state index contributed by atoms with van der Waals surface area (Å²) in [5.74, 6) is -0.307. The fraction of sp³-hybridized carbons (Fsp3) is 0.467. The van der Waals surface area contributed by atoms with Crippen molar-refractivity contribution in [3.63, 3.8) is 0 Å². The van der Waals surface area contributed by atoms with Crippen molar-refractivity contribution in [2.45, 2.75) is 32.8 Å². The van der Waals surface area contributed by atoms with Crippen molar-refractivity contribution < 1.29 is 14.3 Å². The zero-order chi connectivity index (χ0) is 16.0. The van der Waals surface area contributed by atoms with Gasteiger partial charge in [0.25, 0.3) is 0 Å². The van der Waals surface area contributed by atoms with E-state index >= 15 is 0 Å². The van der Waals surface area contributed by atoms with Crippen molar-refractivity contribution in [2.24, 2.45) is 0 Å². The SMILES string of the molecule is CC(C)(C)OC(=O)CCN(CC=O)c1ccc(Cl)c(Cl)c1. The van der Waals surface area contributed by atoms with Crippen LogP contribution in [0.15, 0.2) is 18.2 Å². The van der Waals surface area contributed by atoms with Crippen molar-refractivity contribution >= 4 is 41.1 Å². The number of anilines is 1. The van der Waals surface area contributed by atoms with E-state index in [0.29, 0.717) is 16.6 Å². The highest BCUT2D eigenvalue weighted by molar-refractivity contribution is 6.42. The summed E-state index contributed by atoms with van der Waals surface area (Å²) in [6.07, 6.45) is 0.961. The number of carbonyl (C=O) groups is 2. The minimum absolute atomic E-state index is 0.167. The van der Waals surface area contributed by atoms with Crippen LogP contribution in [0.2, 0.25) is 10.0 Å². The van der Waals surface area contributed by atoms with Gasteiger partial charge in [0.15, 0.2) is 0 Å². The smallest absolute Gasteiger partial charge is 0.308 e. The molecule has 116 valence electrons. The molecule has 0 saturated carbocycles. The molecule has 0 heterocycles. The third kappa shape index (κ3) is 6.36. The second-order valence-electron chi connectivity index (χ2n) is 5.55. The monoisotopic (exact) mass is 331 g/mol. The van der Waals surface area contributed by atoms with E-state index in [-0.39, 0.29) is 18.9 Å². The lowest BCUT2D eigenvalue weighted by atomic mass is 10.2. The van der Waals surface area contributed by atoms with Crippen molar-refractivity contribution in [1.29, 1.82) is 0 Å². The Morgan fingerprint density at radius 3 is 2.48 bits per heavy atom. The standard InChI is InChI=1S/C15H19Cl2NO3/c1-15(2,3)21-14(20)6-7-18(8-9-19)11-4-5-12(16)13(17)10-11/h4-5,9-10H,6-8H2,1-3H3. The summed E-state index contributed by atoms with van der Waals surface area (Å²) >= 11 is 11.8. The van der Waals surface area contributed by atoms with Crippen LogP contribution >= 0.6 is 23.2 Å². The van der Waals surface area contributed by atoms with Gasteiger partial charge in [0.2, 0.25) is 0 Å². The summed E-state index contributed by atoms with van der Waals surface area (Å²) in [5.41, 5.74) is 0.218. The minimum atomic E-state index is -0.518. The van der Waals surface area contributed by atoms with Gasteiger partial charge in [-0.1, -0.05) is 23.2 Å². The number of halogens is 2. The Labute approximate surface area is 135 Å². The Bertz CT molecular complexity index is 512. The molecule has 6 heteroatoms. The molecule has 0 aliphatic heterocycles. The van der Waals surface area contributed by atoms with E-state index in [9.17, 15) is 9.59 Å². The quantitative estimate of drug-likeness (QED) is 0.588. The number of aldehydes is 1. The molecule has 0 aromatic heterocycles. The van der Waals surface area contributed by atoms with E-state index in [0.717, 1.165) is 12.0 Å². The lowest BCUT2D eigenvalue weighted by Crippen LogP contribution is -2.31. The number of benzene rings is 1. The molecule has 0 spiro atoms. The third-order valence-corrected chi connectivity index (χ3v) is 3.31. The van der Waals surface area contributed by atoms with E-state index in [1.807, 2.05) is 20.8 Å². The average molecular weight is 332 g/mol. The molecule has 0 atom stereocenters. The Kier molecular flexibility index (Phi) is 6.49. The zero-order valence-electron chi connectivity index (χ0n) is 12.4. The molecule has 0 N–H and O–H groups in total. The minimum Gasteiger partial charge on any atom is -0.460 e.